The molecule has 1 heterocycles. The third-order valence-electron chi connectivity index (χ3n) is 5.05. The minimum Gasteiger partial charge on any atom is -0.480 e. The standard InChI is InChI=1S/C23H25N3O4S/c1-4-16(22(29)30)24-21(28)17(5-2)26-18-8-6-7-9-19(18)31-23(26)25-20(27)15-12-10-14(3)11-13-15/h6-13,16-17H,4-5H2,1-3H3,(H,24,28)(H,29,30). The van der Waals surface area contributed by atoms with Crippen LogP contribution in [0.25, 0.3) is 10.2 Å². The number of aromatic nitrogens is 1. The molecule has 2 amide bonds. The summed E-state index contributed by atoms with van der Waals surface area (Å²) >= 11 is 1.32. The lowest BCUT2D eigenvalue weighted by Gasteiger charge is -2.20. The Morgan fingerprint density at radius 2 is 1.74 bits per heavy atom. The van der Waals surface area contributed by atoms with Gasteiger partial charge in [0.2, 0.25) is 5.91 Å². The molecular weight excluding hydrogens is 414 g/mol. The molecule has 0 spiro atoms. The summed E-state index contributed by atoms with van der Waals surface area (Å²) in [5.74, 6) is -1.89. The second kappa shape index (κ2) is 9.70. The van der Waals surface area contributed by atoms with Crippen LogP contribution in [0.1, 0.15) is 48.7 Å². The number of carboxylic acids is 1. The van der Waals surface area contributed by atoms with E-state index >= 15 is 0 Å². The number of thiazole rings is 1. The molecule has 3 aromatic rings. The lowest BCUT2D eigenvalue weighted by atomic mass is 10.1. The van der Waals surface area contributed by atoms with Gasteiger partial charge in [-0.15, -0.1) is 0 Å². The summed E-state index contributed by atoms with van der Waals surface area (Å²) in [7, 11) is 0. The molecule has 0 fully saturated rings. The van der Waals surface area contributed by atoms with Crippen molar-refractivity contribution >= 4 is 39.3 Å². The number of nitrogens with one attached hydrogen (secondary N) is 1. The summed E-state index contributed by atoms with van der Waals surface area (Å²) in [4.78, 5) is 41.9. The second-order valence-corrected chi connectivity index (χ2v) is 8.25. The number of hydrogen-bond donors (Lipinski definition) is 2. The number of benzene rings is 2. The Hall–Kier alpha value is -3.26. The Morgan fingerprint density at radius 3 is 2.35 bits per heavy atom. The summed E-state index contributed by atoms with van der Waals surface area (Å²) in [5.41, 5.74) is 2.28. The fourth-order valence-electron chi connectivity index (χ4n) is 3.31. The van der Waals surface area contributed by atoms with Crippen molar-refractivity contribution < 1.29 is 19.5 Å². The number of amides is 2. The van der Waals surface area contributed by atoms with E-state index in [0.717, 1.165) is 15.8 Å². The third-order valence-corrected chi connectivity index (χ3v) is 6.09. The molecule has 0 aliphatic rings. The van der Waals surface area contributed by atoms with Crippen LogP contribution in [0.15, 0.2) is 53.5 Å². The number of para-hydroxylation sites is 1. The van der Waals surface area contributed by atoms with E-state index < -0.39 is 29.9 Å². The van der Waals surface area contributed by atoms with Gasteiger partial charge in [0.15, 0.2) is 4.80 Å². The fraction of sp³-hybridized carbons (Fsp3) is 0.304. The van der Waals surface area contributed by atoms with E-state index in [2.05, 4.69) is 10.3 Å². The van der Waals surface area contributed by atoms with Gasteiger partial charge >= 0.3 is 5.97 Å². The van der Waals surface area contributed by atoms with E-state index in [9.17, 15) is 19.5 Å². The molecule has 2 unspecified atom stereocenters. The molecule has 1 aromatic heterocycles. The minimum atomic E-state index is -1.08. The van der Waals surface area contributed by atoms with E-state index in [1.54, 1.807) is 23.6 Å². The van der Waals surface area contributed by atoms with Gasteiger partial charge in [-0.05, 0) is 44.0 Å². The van der Waals surface area contributed by atoms with Gasteiger partial charge < -0.3 is 15.0 Å². The molecule has 0 aliphatic carbocycles. The number of aliphatic carboxylic acids is 1. The molecule has 2 N–H and O–H groups in total. The number of carboxylic acid groups (broad SMARTS) is 1. The quantitative estimate of drug-likeness (QED) is 0.586. The van der Waals surface area contributed by atoms with Crippen molar-refractivity contribution in [2.75, 3.05) is 0 Å². The molecule has 3 rings (SSSR count). The Labute approximate surface area is 184 Å². The SMILES string of the molecule is CCC(NC(=O)C(CC)n1c(=NC(=O)c2ccc(C)cc2)sc2ccccc21)C(=O)O. The van der Waals surface area contributed by atoms with E-state index in [1.807, 2.05) is 50.2 Å². The van der Waals surface area contributed by atoms with E-state index in [0.29, 0.717) is 16.8 Å². The molecule has 2 aromatic carbocycles. The van der Waals surface area contributed by atoms with Crippen molar-refractivity contribution in [3.63, 3.8) is 0 Å². The van der Waals surface area contributed by atoms with Crippen LogP contribution in [-0.2, 0) is 9.59 Å². The smallest absolute Gasteiger partial charge is 0.326 e. The average Bonchev–Trinajstić information content (AvgIpc) is 3.10. The molecule has 2 atom stereocenters. The first kappa shape index (κ1) is 22.4. The van der Waals surface area contributed by atoms with Crippen LogP contribution < -0.4 is 10.1 Å². The Bertz CT molecular complexity index is 1180. The zero-order chi connectivity index (χ0) is 22.5. The van der Waals surface area contributed by atoms with Gasteiger partial charge in [0.05, 0.1) is 10.2 Å². The predicted molar refractivity (Wildman–Crippen MR) is 120 cm³/mol. The van der Waals surface area contributed by atoms with E-state index in [4.69, 9.17) is 0 Å². The van der Waals surface area contributed by atoms with Gasteiger partial charge in [-0.1, -0.05) is 55.0 Å². The number of fused-ring (bicyclic) bond motifs is 1. The summed E-state index contributed by atoms with van der Waals surface area (Å²) in [5, 5.41) is 11.9. The maximum Gasteiger partial charge on any atom is 0.326 e. The number of carbonyl (C=O) groups excluding carboxylic acids is 2. The van der Waals surface area contributed by atoms with Crippen LogP contribution in [0.3, 0.4) is 0 Å². The largest absolute Gasteiger partial charge is 0.480 e. The Balaban J connectivity index is 2.09. The summed E-state index contributed by atoms with van der Waals surface area (Å²) in [6, 6.07) is 13.0. The maximum absolute atomic E-state index is 13.0. The fourth-order valence-corrected chi connectivity index (χ4v) is 4.38. The summed E-state index contributed by atoms with van der Waals surface area (Å²) < 4.78 is 2.62. The monoisotopic (exact) mass is 439 g/mol. The molecule has 0 bridgehead atoms. The van der Waals surface area contributed by atoms with E-state index in [1.165, 1.54) is 11.3 Å². The number of rotatable bonds is 7. The van der Waals surface area contributed by atoms with Crippen LogP contribution >= 0.6 is 11.3 Å². The van der Waals surface area contributed by atoms with Gasteiger partial charge in [-0.2, -0.15) is 4.99 Å². The van der Waals surface area contributed by atoms with Gasteiger partial charge in [0, 0.05) is 5.56 Å². The zero-order valence-corrected chi connectivity index (χ0v) is 18.5. The van der Waals surface area contributed by atoms with Gasteiger partial charge in [0.25, 0.3) is 5.91 Å². The number of hydrogen-bond acceptors (Lipinski definition) is 4. The van der Waals surface area contributed by atoms with Crippen molar-refractivity contribution in [1.82, 2.24) is 9.88 Å². The number of carbonyl (C=O) groups is 3. The molecule has 7 nitrogen and oxygen atoms in total. The molecule has 8 heteroatoms. The molecule has 162 valence electrons. The average molecular weight is 440 g/mol. The first-order valence-electron chi connectivity index (χ1n) is 10.1. The van der Waals surface area contributed by atoms with Gasteiger partial charge in [-0.25, -0.2) is 4.79 Å². The first-order valence-corrected chi connectivity index (χ1v) is 11.0. The van der Waals surface area contributed by atoms with Crippen LogP contribution in [0.5, 0.6) is 0 Å². The second-order valence-electron chi connectivity index (χ2n) is 7.24. The van der Waals surface area contributed by atoms with Crippen molar-refractivity contribution in [2.24, 2.45) is 4.99 Å². The van der Waals surface area contributed by atoms with Crippen LogP contribution in [0.4, 0.5) is 0 Å². The minimum absolute atomic E-state index is 0.274. The Morgan fingerprint density at radius 1 is 1.06 bits per heavy atom. The molecule has 0 aliphatic heterocycles. The molecule has 0 saturated carbocycles. The first-order chi connectivity index (χ1) is 14.8. The van der Waals surface area contributed by atoms with E-state index in [-0.39, 0.29) is 6.42 Å². The number of aryl methyl sites for hydroxylation is 1. The topological polar surface area (TPSA) is 101 Å². The number of nitrogens with zero attached hydrogens (tertiary/aromatic N) is 2. The molecule has 0 radical (unpaired) electrons. The van der Waals surface area contributed by atoms with Crippen molar-refractivity contribution in [1.29, 1.82) is 0 Å². The van der Waals surface area contributed by atoms with Crippen molar-refractivity contribution in [2.45, 2.75) is 45.7 Å². The van der Waals surface area contributed by atoms with Crippen molar-refractivity contribution in [3.05, 3.63) is 64.5 Å². The highest BCUT2D eigenvalue weighted by atomic mass is 32.1. The van der Waals surface area contributed by atoms with Crippen LogP contribution in [-0.4, -0.2) is 33.5 Å². The zero-order valence-electron chi connectivity index (χ0n) is 17.7. The highest BCUT2D eigenvalue weighted by Crippen LogP contribution is 2.23. The lowest BCUT2D eigenvalue weighted by Crippen LogP contribution is -2.44. The lowest BCUT2D eigenvalue weighted by molar-refractivity contribution is -0.142. The molecular formula is C23H25N3O4S. The van der Waals surface area contributed by atoms with Gasteiger partial charge in [-0.3, -0.25) is 9.59 Å². The molecule has 31 heavy (non-hydrogen) atoms. The summed E-state index contributed by atoms with van der Waals surface area (Å²) in [6.45, 7) is 5.49. The van der Waals surface area contributed by atoms with Crippen LogP contribution in [0.2, 0.25) is 0 Å². The summed E-state index contributed by atoms with van der Waals surface area (Å²) in [6.07, 6.45) is 0.685. The van der Waals surface area contributed by atoms with Crippen LogP contribution in [0, 0.1) is 6.92 Å². The predicted octanol–water partition coefficient (Wildman–Crippen LogP) is 3.68. The highest BCUT2D eigenvalue weighted by Gasteiger charge is 2.26. The Kier molecular flexibility index (Phi) is 7.02. The molecule has 0 saturated heterocycles. The maximum atomic E-state index is 13.0. The normalized spacial score (nSPS) is 13.7. The highest BCUT2D eigenvalue weighted by molar-refractivity contribution is 7.16. The van der Waals surface area contributed by atoms with Crippen molar-refractivity contribution in [3.8, 4) is 0 Å². The van der Waals surface area contributed by atoms with Gasteiger partial charge in [0.1, 0.15) is 12.1 Å². The third kappa shape index (κ3) is 4.91.